The first-order valence-electron chi connectivity index (χ1n) is 14.9. The molecule has 0 unspecified atom stereocenters. The van der Waals surface area contributed by atoms with Crippen LogP contribution in [0, 0.1) is 0 Å². The van der Waals surface area contributed by atoms with E-state index in [4.69, 9.17) is 42.1 Å². The van der Waals surface area contributed by atoms with Crippen LogP contribution in [0.2, 0.25) is 10.0 Å². The van der Waals surface area contributed by atoms with Gasteiger partial charge in [-0.25, -0.2) is 0 Å². The van der Waals surface area contributed by atoms with Crippen LogP contribution in [-0.2, 0) is 29.1 Å². The number of carbonyl (C=O) groups excluding carboxylic acids is 1. The molecule has 4 aromatic rings. The lowest BCUT2D eigenvalue weighted by Crippen LogP contribution is -2.47. The van der Waals surface area contributed by atoms with Crippen molar-refractivity contribution in [1.82, 2.24) is 4.90 Å². The van der Waals surface area contributed by atoms with E-state index >= 15 is 0 Å². The van der Waals surface area contributed by atoms with Gasteiger partial charge in [-0.05, 0) is 77.1 Å². The van der Waals surface area contributed by atoms with Crippen molar-refractivity contribution in [3.8, 4) is 17.2 Å². The highest BCUT2D eigenvalue weighted by molar-refractivity contribution is 6.42. The Kier molecular flexibility index (Phi) is 9.31. The third kappa shape index (κ3) is 6.53. The molecule has 0 amide bonds. The first-order valence-corrected chi connectivity index (χ1v) is 15.7. The lowest BCUT2D eigenvalue weighted by molar-refractivity contribution is -0.149. The molecule has 0 spiro atoms. The van der Waals surface area contributed by atoms with E-state index in [1.807, 2.05) is 48.5 Å². The second-order valence-electron chi connectivity index (χ2n) is 11.2. The highest BCUT2D eigenvalue weighted by Gasteiger charge is 2.38. The molecule has 4 aromatic carbocycles. The summed E-state index contributed by atoms with van der Waals surface area (Å²) in [6.07, 6.45) is 2.23. The van der Waals surface area contributed by atoms with E-state index in [1.165, 1.54) is 12.7 Å². The largest absolute Gasteiger partial charge is 0.489 e. The van der Waals surface area contributed by atoms with E-state index in [9.17, 15) is 4.79 Å². The van der Waals surface area contributed by atoms with Crippen molar-refractivity contribution in [2.24, 2.45) is 0 Å². The van der Waals surface area contributed by atoms with Crippen LogP contribution in [0.1, 0.15) is 59.7 Å². The molecule has 6 rings (SSSR count). The van der Waals surface area contributed by atoms with Crippen molar-refractivity contribution in [3.63, 3.8) is 0 Å². The Hall–Kier alpha value is -3.71. The van der Waals surface area contributed by atoms with Crippen molar-refractivity contribution in [3.05, 3.63) is 123 Å². The molecule has 0 fully saturated rings. The van der Waals surface area contributed by atoms with Crippen molar-refractivity contribution >= 4 is 29.2 Å². The minimum absolute atomic E-state index is 0.0943. The van der Waals surface area contributed by atoms with Crippen molar-refractivity contribution in [1.29, 1.82) is 0 Å². The summed E-state index contributed by atoms with van der Waals surface area (Å²) in [5.74, 6) is 1.94. The van der Waals surface area contributed by atoms with Gasteiger partial charge in [0.1, 0.15) is 25.0 Å². The zero-order valence-electron chi connectivity index (χ0n) is 24.8. The minimum Gasteiger partial charge on any atom is -0.489 e. The Balaban J connectivity index is 1.19. The molecule has 2 aliphatic rings. The van der Waals surface area contributed by atoms with Gasteiger partial charge in [0, 0.05) is 12.6 Å². The molecule has 0 saturated heterocycles. The smallest absolute Gasteiger partial charge is 0.323 e. The fourth-order valence-corrected chi connectivity index (χ4v) is 6.39. The van der Waals surface area contributed by atoms with Crippen molar-refractivity contribution in [2.75, 3.05) is 13.7 Å². The van der Waals surface area contributed by atoms with Crippen LogP contribution < -0.4 is 14.2 Å². The molecular weight excluding hydrogens is 597 g/mol. The Bertz CT molecular complexity index is 1610. The molecule has 6 nitrogen and oxygen atoms in total. The van der Waals surface area contributed by atoms with E-state index in [2.05, 4.69) is 42.2 Å². The Morgan fingerprint density at radius 3 is 2.45 bits per heavy atom. The molecule has 0 bridgehead atoms. The molecule has 0 radical (unpaired) electrons. The number of esters is 1. The summed E-state index contributed by atoms with van der Waals surface area (Å²) >= 11 is 12.1. The highest BCUT2D eigenvalue weighted by Crippen LogP contribution is 2.43. The molecule has 228 valence electrons. The van der Waals surface area contributed by atoms with Crippen LogP contribution >= 0.6 is 23.2 Å². The van der Waals surface area contributed by atoms with Crippen molar-refractivity contribution < 1.29 is 23.7 Å². The first-order chi connectivity index (χ1) is 21.4. The van der Waals surface area contributed by atoms with Gasteiger partial charge in [-0.1, -0.05) is 85.1 Å². The van der Waals surface area contributed by atoms with E-state index in [0.717, 1.165) is 40.8 Å². The van der Waals surface area contributed by atoms with Gasteiger partial charge in [0.05, 0.1) is 17.2 Å². The Morgan fingerprint density at radius 1 is 0.955 bits per heavy atom. The summed E-state index contributed by atoms with van der Waals surface area (Å²) < 4.78 is 23.9. The van der Waals surface area contributed by atoms with Gasteiger partial charge in [0.2, 0.25) is 0 Å². The molecule has 8 heteroatoms. The fourth-order valence-electron chi connectivity index (χ4n) is 6.07. The van der Waals surface area contributed by atoms with Crippen LogP contribution in [0.5, 0.6) is 17.2 Å². The highest BCUT2D eigenvalue weighted by atomic mass is 35.5. The third-order valence-corrected chi connectivity index (χ3v) is 9.09. The summed E-state index contributed by atoms with van der Waals surface area (Å²) in [4.78, 5) is 15.3. The van der Waals surface area contributed by atoms with Gasteiger partial charge in [-0.3, -0.25) is 9.69 Å². The normalized spacial score (nSPS) is 18.3. The standard InChI is InChI=1S/C36H35Cl2NO5/c1-3-7-31(24-8-5-4-6-9-24)39-20-27-19-34-33(18-26(27)17-32(39)36(40)41-2)43-22-35(44-34)25-11-13-28(14-12-25)42-21-23-10-15-29(37)30(38)16-23/h4-6,8-16,18-19,31-32,35H,3,7,17,20-22H2,1-2H3/t31-,32-,35+/m0/s1. The second-order valence-corrected chi connectivity index (χ2v) is 12.0. The Labute approximate surface area is 268 Å². The lowest BCUT2D eigenvalue weighted by Gasteiger charge is -2.41. The number of methoxy groups -OCH3 is 1. The maximum absolute atomic E-state index is 13.0. The molecule has 2 aliphatic heterocycles. The van der Waals surface area contributed by atoms with Gasteiger partial charge in [-0.2, -0.15) is 0 Å². The predicted octanol–water partition coefficient (Wildman–Crippen LogP) is 8.53. The maximum Gasteiger partial charge on any atom is 0.323 e. The summed E-state index contributed by atoms with van der Waals surface area (Å²) in [5, 5.41) is 1.03. The van der Waals surface area contributed by atoms with E-state index in [1.54, 1.807) is 6.07 Å². The predicted molar refractivity (Wildman–Crippen MR) is 172 cm³/mol. The second kappa shape index (κ2) is 13.5. The van der Waals surface area contributed by atoms with Gasteiger partial charge >= 0.3 is 5.97 Å². The molecule has 44 heavy (non-hydrogen) atoms. The van der Waals surface area contributed by atoms with Crippen LogP contribution in [0.3, 0.4) is 0 Å². The van der Waals surface area contributed by atoms with Crippen molar-refractivity contribution in [2.45, 2.75) is 57.5 Å². The molecule has 0 aliphatic carbocycles. The number of benzene rings is 4. The quantitative estimate of drug-likeness (QED) is 0.173. The number of hydrogen-bond donors (Lipinski definition) is 0. The zero-order valence-corrected chi connectivity index (χ0v) is 26.3. The molecule has 3 atom stereocenters. The van der Waals surface area contributed by atoms with Crippen LogP contribution in [-0.4, -0.2) is 30.6 Å². The number of rotatable bonds is 9. The number of hydrogen-bond acceptors (Lipinski definition) is 6. The minimum atomic E-state index is -0.378. The number of fused-ring (bicyclic) bond motifs is 2. The van der Waals surface area contributed by atoms with E-state index in [0.29, 0.717) is 47.7 Å². The fraction of sp³-hybridized carbons (Fsp3) is 0.306. The lowest BCUT2D eigenvalue weighted by atomic mass is 9.89. The maximum atomic E-state index is 13.0. The molecule has 2 heterocycles. The summed E-state index contributed by atoms with van der Waals surface area (Å²) in [7, 11) is 1.46. The van der Waals surface area contributed by atoms with Crippen LogP contribution in [0.4, 0.5) is 0 Å². The monoisotopic (exact) mass is 631 g/mol. The first kappa shape index (κ1) is 30.3. The Morgan fingerprint density at radius 2 is 1.73 bits per heavy atom. The SMILES string of the molecule is CCC[C@@H](c1ccccc1)N1Cc2cc3c(cc2C[C@H]1C(=O)OC)OC[C@H](c1ccc(OCc2ccc(Cl)c(Cl)c2)cc1)O3. The van der Waals surface area contributed by atoms with Gasteiger partial charge in [0.15, 0.2) is 17.6 Å². The number of nitrogens with zero attached hydrogens (tertiary/aromatic N) is 1. The summed E-state index contributed by atoms with van der Waals surface area (Å²) in [6.45, 7) is 3.56. The van der Waals surface area contributed by atoms with E-state index < -0.39 is 0 Å². The molecule has 0 aromatic heterocycles. The topological polar surface area (TPSA) is 57.2 Å². The van der Waals surface area contributed by atoms with Gasteiger partial charge in [0.25, 0.3) is 0 Å². The molecular formula is C36H35Cl2NO5. The number of halogens is 2. The van der Waals surface area contributed by atoms with Crippen LogP contribution in [0.25, 0.3) is 0 Å². The summed E-state index contributed by atoms with van der Waals surface area (Å²) in [5.41, 5.74) is 5.36. The average molecular weight is 633 g/mol. The van der Waals surface area contributed by atoms with Crippen LogP contribution in [0.15, 0.2) is 84.9 Å². The summed E-state index contributed by atoms with van der Waals surface area (Å²) in [6, 6.07) is 27.6. The van der Waals surface area contributed by atoms with Gasteiger partial charge < -0.3 is 18.9 Å². The van der Waals surface area contributed by atoms with E-state index in [-0.39, 0.29) is 24.2 Å². The molecule has 0 saturated carbocycles. The number of carbonyl (C=O) groups is 1. The average Bonchev–Trinajstić information content (AvgIpc) is 3.06. The third-order valence-electron chi connectivity index (χ3n) is 8.35. The zero-order chi connectivity index (χ0) is 30.6. The molecule has 0 N–H and O–H groups in total. The number of ether oxygens (including phenoxy) is 4. The van der Waals surface area contributed by atoms with Gasteiger partial charge in [-0.15, -0.1) is 0 Å².